The summed E-state index contributed by atoms with van der Waals surface area (Å²) in [5.41, 5.74) is 0.686. The van der Waals surface area contributed by atoms with E-state index >= 15 is 0 Å². The molecule has 0 aromatic heterocycles. The molecule has 0 amide bonds. The number of ether oxygens (including phenoxy) is 1. The van der Waals surface area contributed by atoms with Crippen LogP contribution in [0.15, 0.2) is 49.0 Å². The maximum absolute atomic E-state index is 13.6. The van der Waals surface area contributed by atoms with Crippen LogP contribution in [0.25, 0.3) is 17.2 Å². The van der Waals surface area contributed by atoms with Crippen molar-refractivity contribution in [2.45, 2.75) is 6.36 Å². The van der Waals surface area contributed by atoms with Crippen LogP contribution in [0.1, 0.15) is 5.56 Å². The van der Waals surface area contributed by atoms with Crippen molar-refractivity contribution in [2.24, 2.45) is 0 Å². The lowest BCUT2D eigenvalue weighted by Gasteiger charge is -2.13. The van der Waals surface area contributed by atoms with Gasteiger partial charge in [-0.05, 0) is 17.7 Å². The third-order valence-corrected chi connectivity index (χ3v) is 2.64. The molecule has 0 aliphatic heterocycles. The second-order valence-corrected chi connectivity index (χ2v) is 3.98. The minimum Gasteiger partial charge on any atom is -0.405 e. The maximum Gasteiger partial charge on any atom is 0.573 e. The van der Waals surface area contributed by atoms with Gasteiger partial charge in [-0.25, -0.2) is 4.39 Å². The van der Waals surface area contributed by atoms with Crippen LogP contribution in [0.5, 0.6) is 5.75 Å². The average Bonchev–Trinajstić information content (AvgIpc) is 2.37. The van der Waals surface area contributed by atoms with Gasteiger partial charge in [0, 0.05) is 11.1 Å². The summed E-state index contributed by atoms with van der Waals surface area (Å²) < 4.78 is 54.6. The molecule has 0 spiro atoms. The summed E-state index contributed by atoms with van der Waals surface area (Å²) in [4.78, 5) is 0. The molecule has 104 valence electrons. The predicted octanol–water partition coefficient (Wildman–Crippen LogP) is 5.03. The first-order chi connectivity index (χ1) is 9.40. The van der Waals surface area contributed by atoms with Gasteiger partial charge >= 0.3 is 6.36 Å². The van der Waals surface area contributed by atoms with Crippen LogP contribution >= 0.6 is 0 Å². The van der Waals surface area contributed by atoms with Crippen LogP contribution in [0.3, 0.4) is 0 Å². The van der Waals surface area contributed by atoms with Crippen LogP contribution < -0.4 is 4.74 Å². The van der Waals surface area contributed by atoms with Crippen molar-refractivity contribution in [3.8, 4) is 16.9 Å². The Balaban J connectivity index is 2.50. The van der Waals surface area contributed by atoms with Crippen molar-refractivity contribution in [3.63, 3.8) is 0 Å². The Morgan fingerprint density at radius 1 is 1.05 bits per heavy atom. The van der Waals surface area contributed by atoms with E-state index in [1.54, 1.807) is 6.07 Å². The Morgan fingerprint density at radius 3 is 2.35 bits per heavy atom. The lowest BCUT2D eigenvalue weighted by molar-refractivity contribution is -0.274. The summed E-state index contributed by atoms with van der Waals surface area (Å²) >= 11 is 0. The van der Waals surface area contributed by atoms with Crippen molar-refractivity contribution in [3.05, 3.63) is 60.4 Å². The number of rotatable bonds is 3. The lowest BCUT2D eigenvalue weighted by atomic mass is 10.0. The van der Waals surface area contributed by atoms with E-state index < -0.39 is 17.9 Å². The van der Waals surface area contributed by atoms with E-state index in [0.29, 0.717) is 5.56 Å². The number of hydrogen-bond donors (Lipinski definition) is 0. The zero-order valence-electron chi connectivity index (χ0n) is 10.2. The monoisotopic (exact) mass is 282 g/mol. The number of benzene rings is 2. The minimum atomic E-state index is -4.81. The van der Waals surface area contributed by atoms with Crippen LogP contribution in [-0.2, 0) is 0 Å². The molecule has 0 heterocycles. The highest BCUT2D eigenvalue weighted by molar-refractivity contribution is 5.69. The molecule has 0 unspecified atom stereocenters. The molecule has 5 heteroatoms. The Hall–Kier alpha value is -2.30. The van der Waals surface area contributed by atoms with E-state index in [1.807, 2.05) is 0 Å². The normalized spacial score (nSPS) is 11.2. The number of halogens is 4. The van der Waals surface area contributed by atoms with Gasteiger partial charge in [-0.1, -0.05) is 43.0 Å². The minimum absolute atomic E-state index is 0.183. The lowest BCUT2D eigenvalue weighted by Crippen LogP contribution is -2.17. The molecule has 20 heavy (non-hydrogen) atoms. The van der Waals surface area contributed by atoms with Gasteiger partial charge in [0.05, 0.1) is 0 Å². The van der Waals surface area contributed by atoms with Crippen molar-refractivity contribution in [1.82, 2.24) is 0 Å². The van der Waals surface area contributed by atoms with Gasteiger partial charge < -0.3 is 4.74 Å². The third kappa shape index (κ3) is 3.17. The van der Waals surface area contributed by atoms with Gasteiger partial charge in [-0.3, -0.25) is 0 Å². The zero-order valence-corrected chi connectivity index (χ0v) is 10.2. The molecule has 0 saturated carbocycles. The van der Waals surface area contributed by atoms with E-state index in [2.05, 4.69) is 11.3 Å². The molecular weight excluding hydrogens is 272 g/mol. The van der Waals surface area contributed by atoms with E-state index in [0.717, 1.165) is 6.07 Å². The first-order valence-electron chi connectivity index (χ1n) is 5.68. The molecule has 0 saturated heterocycles. The highest BCUT2D eigenvalue weighted by Crippen LogP contribution is 2.32. The highest BCUT2D eigenvalue weighted by atomic mass is 19.4. The average molecular weight is 282 g/mol. The molecule has 0 aliphatic carbocycles. The molecular formula is C15H10F4O. The maximum atomic E-state index is 13.6. The number of alkyl halides is 3. The van der Waals surface area contributed by atoms with E-state index in [1.165, 1.54) is 36.4 Å². The van der Waals surface area contributed by atoms with Crippen LogP contribution in [0.4, 0.5) is 17.6 Å². The Kier molecular flexibility index (Phi) is 3.79. The van der Waals surface area contributed by atoms with Gasteiger partial charge in [0.1, 0.15) is 11.6 Å². The smallest absolute Gasteiger partial charge is 0.405 e. The second-order valence-electron chi connectivity index (χ2n) is 3.98. The summed E-state index contributed by atoms with van der Waals surface area (Å²) in [6.07, 6.45) is -3.57. The molecule has 0 aliphatic rings. The first kappa shape index (κ1) is 14.1. The van der Waals surface area contributed by atoms with Crippen molar-refractivity contribution >= 4 is 6.08 Å². The Labute approximate surface area is 113 Å². The Morgan fingerprint density at radius 2 is 1.75 bits per heavy atom. The van der Waals surface area contributed by atoms with Gasteiger partial charge in [-0.15, -0.1) is 13.2 Å². The molecule has 2 aromatic carbocycles. The van der Waals surface area contributed by atoms with Crippen LogP contribution in [-0.4, -0.2) is 6.36 Å². The fourth-order valence-electron chi connectivity index (χ4n) is 1.78. The van der Waals surface area contributed by atoms with Gasteiger partial charge in [-0.2, -0.15) is 0 Å². The van der Waals surface area contributed by atoms with Crippen LogP contribution in [0, 0.1) is 5.82 Å². The third-order valence-electron chi connectivity index (χ3n) is 2.64. The van der Waals surface area contributed by atoms with Gasteiger partial charge in [0.2, 0.25) is 0 Å². The van der Waals surface area contributed by atoms with E-state index in [9.17, 15) is 17.6 Å². The van der Waals surface area contributed by atoms with Crippen molar-refractivity contribution in [1.29, 1.82) is 0 Å². The fourth-order valence-corrected chi connectivity index (χ4v) is 1.78. The molecule has 2 aromatic rings. The highest BCUT2D eigenvalue weighted by Gasteiger charge is 2.32. The molecule has 0 atom stereocenters. The SMILES string of the molecule is C=Cc1ccc(-c2ccccc2F)cc1OC(F)(F)F. The molecule has 2 rings (SSSR count). The largest absolute Gasteiger partial charge is 0.573 e. The fraction of sp³-hybridized carbons (Fsp3) is 0.0667. The van der Waals surface area contributed by atoms with E-state index in [4.69, 9.17) is 0 Å². The van der Waals surface area contributed by atoms with Crippen molar-refractivity contribution in [2.75, 3.05) is 0 Å². The standard InChI is InChI=1S/C15H10F4O/c1-2-10-7-8-11(9-14(10)20-15(17,18)19)12-5-3-4-6-13(12)16/h2-9H,1H2. The van der Waals surface area contributed by atoms with Gasteiger partial charge in [0.25, 0.3) is 0 Å². The van der Waals surface area contributed by atoms with Crippen LogP contribution in [0.2, 0.25) is 0 Å². The molecule has 0 fully saturated rings. The molecule has 0 bridgehead atoms. The molecule has 1 nitrogen and oxygen atoms in total. The Bertz CT molecular complexity index is 632. The topological polar surface area (TPSA) is 9.23 Å². The summed E-state index contributed by atoms with van der Waals surface area (Å²) in [7, 11) is 0. The summed E-state index contributed by atoms with van der Waals surface area (Å²) in [6.45, 7) is 3.42. The summed E-state index contributed by atoms with van der Waals surface area (Å²) in [6, 6.07) is 9.88. The first-order valence-corrected chi connectivity index (χ1v) is 5.68. The van der Waals surface area contributed by atoms with Gasteiger partial charge in [0.15, 0.2) is 0 Å². The quantitative estimate of drug-likeness (QED) is 0.717. The number of hydrogen-bond acceptors (Lipinski definition) is 1. The molecule has 0 radical (unpaired) electrons. The second kappa shape index (κ2) is 5.36. The van der Waals surface area contributed by atoms with Crippen molar-refractivity contribution < 1.29 is 22.3 Å². The van der Waals surface area contributed by atoms with E-state index in [-0.39, 0.29) is 11.1 Å². The zero-order chi connectivity index (χ0) is 14.8. The predicted molar refractivity (Wildman–Crippen MR) is 68.6 cm³/mol. The summed E-state index contributed by atoms with van der Waals surface area (Å²) in [5.74, 6) is -0.926. The summed E-state index contributed by atoms with van der Waals surface area (Å²) in [5, 5.41) is 0. The molecule has 0 N–H and O–H groups in total.